The van der Waals surface area contributed by atoms with Gasteiger partial charge in [0, 0.05) is 48.2 Å². The van der Waals surface area contributed by atoms with E-state index in [4.69, 9.17) is 27.9 Å². The van der Waals surface area contributed by atoms with Crippen LogP contribution in [0.5, 0.6) is 0 Å². The number of carbonyl (C=O) groups is 2. The molecule has 0 fully saturated rings. The van der Waals surface area contributed by atoms with Gasteiger partial charge in [0.05, 0.1) is 36.9 Å². The van der Waals surface area contributed by atoms with Gasteiger partial charge in [0.25, 0.3) is 11.4 Å². The lowest BCUT2D eigenvalue weighted by Gasteiger charge is -2.12. The number of rotatable bonds is 12. The predicted molar refractivity (Wildman–Crippen MR) is 181 cm³/mol. The van der Waals surface area contributed by atoms with E-state index in [0.29, 0.717) is 30.1 Å². The zero-order valence-electron chi connectivity index (χ0n) is 26.0. The standard InChI is InChI=1S/C16H17N3O4S2.C14H11Cl2N3O4/c1-23-14(20)9-12-15(24-2)17-13(18-16(12)25-3)8-10-4-6-11(7-5-10)19(21)22;1-23-12(20)7-10-13(15)17-11(18-14(10)16)6-8-2-4-9(5-3-8)19(21)22/h4-7H,8-9H2,1-3H3;2-5H,6-7H2,1H3. The van der Waals surface area contributed by atoms with Gasteiger partial charge in [0.1, 0.15) is 32.0 Å². The van der Waals surface area contributed by atoms with E-state index < -0.39 is 15.8 Å². The predicted octanol–water partition coefficient (Wildman–Crippen LogP) is 6.13. The minimum atomic E-state index is -0.500. The van der Waals surface area contributed by atoms with Gasteiger partial charge in [-0.05, 0) is 23.6 Å². The second-order valence-electron chi connectivity index (χ2n) is 9.54. The zero-order valence-corrected chi connectivity index (χ0v) is 29.1. The van der Waals surface area contributed by atoms with Crippen LogP contribution in [0.3, 0.4) is 0 Å². The molecule has 0 amide bonds. The van der Waals surface area contributed by atoms with E-state index in [2.05, 4.69) is 24.7 Å². The van der Waals surface area contributed by atoms with E-state index in [-0.39, 0.29) is 40.5 Å². The average Bonchev–Trinajstić information content (AvgIpc) is 3.07. The average molecular weight is 736 g/mol. The van der Waals surface area contributed by atoms with Crippen LogP contribution >= 0.6 is 46.7 Å². The highest BCUT2D eigenvalue weighted by Crippen LogP contribution is 2.28. The fraction of sp³-hybridized carbons (Fsp3) is 0.267. The number of ether oxygens (including phenoxy) is 2. The third kappa shape index (κ3) is 10.8. The van der Waals surface area contributed by atoms with Gasteiger partial charge < -0.3 is 9.47 Å². The van der Waals surface area contributed by atoms with Gasteiger partial charge in [-0.3, -0.25) is 29.8 Å². The lowest BCUT2D eigenvalue weighted by Crippen LogP contribution is -2.11. The summed E-state index contributed by atoms with van der Waals surface area (Å²) >= 11 is 15.0. The number of nitrogens with zero attached hydrogens (tertiary/aromatic N) is 6. The Hall–Kier alpha value is -4.38. The van der Waals surface area contributed by atoms with Crippen LogP contribution in [0.1, 0.15) is 33.9 Å². The molecule has 0 atom stereocenters. The summed E-state index contributed by atoms with van der Waals surface area (Å²) in [7, 11) is 2.61. The molecule has 0 aliphatic carbocycles. The second kappa shape index (κ2) is 18.2. The second-order valence-corrected chi connectivity index (χ2v) is 11.8. The summed E-state index contributed by atoms with van der Waals surface area (Å²) in [5, 5.41) is 23.0. The van der Waals surface area contributed by atoms with Crippen molar-refractivity contribution in [2.24, 2.45) is 0 Å². The molecular weight excluding hydrogens is 707 g/mol. The largest absolute Gasteiger partial charge is 0.469 e. The van der Waals surface area contributed by atoms with Gasteiger partial charge in [-0.2, -0.15) is 0 Å². The molecule has 0 aliphatic rings. The third-order valence-electron chi connectivity index (χ3n) is 6.43. The summed E-state index contributed by atoms with van der Waals surface area (Å²) in [4.78, 5) is 60.6. The molecule has 14 nitrogen and oxygen atoms in total. The highest BCUT2D eigenvalue weighted by Gasteiger charge is 2.18. The van der Waals surface area contributed by atoms with Crippen molar-refractivity contribution in [2.75, 3.05) is 26.7 Å². The van der Waals surface area contributed by atoms with Crippen molar-refractivity contribution in [1.29, 1.82) is 0 Å². The summed E-state index contributed by atoms with van der Waals surface area (Å²) in [5.74, 6) is 0.122. The van der Waals surface area contributed by atoms with Gasteiger partial charge in [0.15, 0.2) is 0 Å². The van der Waals surface area contributed by atoms with Crippen molar-refractivity contribution in [3.05, 3.63) is 113 Å². The molecule has 0 radical (unpaired) electrons. The number of thioether (sulfide) groups is 2. The zero-order chi connectivity index (χ0) is 35.4. The molecule has 2 aromatic carbocycles. The number of benzene rings is 2. The summed E-state index contributed by atoms with van der Waals surface area (Å²) in [6, 6.07) is 12.3. The first-order valence-electron chi connectivity index (χ1n) is 13.7. The van der Waals surface area contributed by atoms with Gasteiger partial charge >= 0.3 is 11.9 Å². The van der Waals surface area contributed by atoms with Gasteiger partial charge in [-0.25, -0.2) is 19.9 Å². The number of hydrogen-bond acceptors (Lipinski definition) is 14. The highest BCUT2D eigenvalue weighted by molar-refractivity contribution is 7.99. The fourth-order valence-corrected chi connectivity index (χ4v) is 5.86. The Kier molecular flexibility index (Phi) is 14.5. The molecular formula is C30H28Cl2N6O8S2. The lowest BCUT2D eigenvalue weighted by molar-refractivity contribution is -0.385. The van der Waals surface area contributed by atoms with E-state index in [1.807, 2.05) is 12.5 Å². The van der Waals surface area contributed by atoms with Crippen LogP contribution in [0, 0.1) is 20.2 Å². The van der Waals surface area contributed by atoms with E-state index in [1.165, 1.54) is 62.0 Å². The fourth-order valence-electron chi connectivity index (χ4n) is 4.02. The van der Waals surface area contributed by atoms with Crippen LogP contribution < -0.4 is 0 Å². The van der Waals surface area contributed by atoms with Crippen molar-refractivity contribution in [3.63, 3.8) is 0 Å². The summed E-state index contributed by atoms with van der Waals surface area (Å²) in [6.07, 6.45) is 4.55. The molecule has 4 rings (SSSR count). The van der Waals surface area contributed by atoms with Crippen molar-refractivity contribution < 1.29 is 28.9 Å². The first-order chi connectivity index (χ1) is 22.9. The Morgan fingerprint density at radius 2 is 1.02 bits per heavy atom. The van der Waals surface area contributed by atoms with Gasteiger partial charge in [0.2, 0.25) is 0 Å². The van der Waals surface area contributed by atoms with Crippen molar-refractivity contribution in [3.8, 4) is 0 Å². The Morgan fingerprint density at radius 3 is 1.35 bits per heavy atom. The number of non-ortho nitro benzene ring substituents is 2. The first-order valence-corrected chi connectivity index (χ1v) is 16.9. The molecule has 0 N–H and O–H groups in total. The summed E-state index contributed by atoms with van der Waals surface area (Å²) in [6.45, 7) is 0. The normalized spacial score (nSPS) is 10.5. The molecule has 2 heterocycles. The molecule has 0 spiro atoms. The number of methoxy groups -OCH3 is 2. The molecule has 252 valence electrons. The monoisotopic (exact) mass is 734 g/mol. The Morgan fingerprint density at radius 1 is 0.667 bits per heavy atom. The van der Waals surface area contributed by atoms with E-state index >= 15 is 0 Å². The number of hydrogen-bond donors (Lipinski definition) is 0. The maximum Gasteiger partial charge on any atom is 0.310 e. The first kappa shape index (κ1) is 38.1. The quantitative estimate of drug-likeness (QED) is 0.0530. The van der Waals surface area contributed by atoms with E-state index in [1.54, 1.807) is 24.3 Å². The number of nitro groups is 2. The van der Waals surface area contributed by atoms with Gasteiger partial charge in [-0.1, -0.05) is 47.5 Å². The Bertz CT molecular complexity index is 1750. The molecule has 0 saturated carbocycles. The number of nitro benzene ring substituents is 2. The maximum absolute atomic E-state index is 11.6. The molecule has 48 heavy (non-hydrogen) atoms. The highest BCUT2D eigenvalue weighted by atomic mass is 35.5. The lowest BCUT2D eigenvalue weighted by atomic mass is 10.1. The molecule has 18 heteroatoms. The van der Waals surface area contributed by atoms with Gasteiger partial charge in [-0.15, -0.1) is 23.5 Å². The topological polar surface area (TPSA) is 190 Å². The van der Waals surface area contributed by atoms with Crippen LogP contribution in [0.4, 0.5) is 11.4 Å². The molecule has 0 bridgehead atoms. The molecule has 0 aliphatic heterocycles. The minimum Gasteiger partial charge on any atom is -0.469 e. The Labute approximate surface area is 293 Å². The van der Waals surface area contributed by atoms with E-state index in [9.17, 15) is 29.8 Å². The van der Waals surface area contributed by atoms with E-state index in [0.717, 1.165) is 26.7 Å². The number of aromatic nitrogens is 4. The molecule has 0 unspecified atom stereocenters. The van der Waals surface area contributed by atoms with Crippen LogP contribution in [0.15, 0.2) is 58.6 Å². The molecule has 4 aromatic rings. The molecule has 0 saturated heterocycles. The third-order valence-corrected chi connectivity index (χ3v) is 8.51. The van der Waals surface area contributed by atoms with Crippen LogP contribution in [0.25, 0.3) is 0 Å². The number of esters is 2. The summed E-state index contributed by atoms with van der Waals surface area (Å²) < 4.78 is 9.30. The SMILES string of the molecule is COC(=O)Cc1c(Cl)nc(Cc2ccc([N+](=O)[O-])cc2)nc1Cl.COC(=O)Cc1c(SC)nc(Cc2ccc([N+](=O)[O-])cc2)nc1SC. The number of halogens is 2. The van der Waals surface area contributed by atoms with Crippen LogP contribution in [0.2, 0.25) is 10.3 Å². The van der Waals surface area contributed by atoms with Crippen molar-refractivity contribution in [2.45, 2.75) is 35.7 Å². The van der Waals surface area contributed by atoms with Crippen molar-refractivity contribution >= 4 is 70.0 Å². The summed E-state index contributed by atoms with van der Waals surface area (Å²) in [5.41, 5.74) is 2.76. The minimum absolute atomic E-state index is 0.000779. The number of carbonyl (C=O) groups excluding carboxylic acids is 2. The smallest absolute Gasteiger partial charge is 0.310 e. The van der Waals surface area contributed by atoms with Crippen LogP contribution in [-0.4, -0.2) is 68.5 Å². The van der Waals surface area contributed by atoms with Crippen molar-refractivity contribution in [1.82, 2.24) is 19.9 Å². The maximum atomic E-state index is 11.6. The van der Waals surface area contributed by atoms with Crippen LogP contribution in [-0.2, 0) is 44.7 Å². The Balaban J connectivity index is 0.000000261. The molecule has 2 aromatic heterocycles.